The number of hydrogen-bond acceptors (Lipinski definition) is 7. The molecule has 0 aliphatic carbocycles. The maximum atomic E-state index is 11.2. The molecule has 0 spiro atoms. The molecule has 0 aliphatic rings. The molecule has 112 valence electrons. The Morgan fingerprint density at radius 3 is 1.53 bits per heavy atom. The highest BCUT2D eigenvalue weighted by Gasteiger charge is 2.13. The van der Waals surface area contributed by atoms with Crippen molar-refractivity contribution >= 4 is 37.2 Å². The predicted octanol–water partition coefficient (Wildman–Crippen LogP) is 1.51. The van der Waals surface area contributed by atoms with Crippen molar-refractivity contribution in [3.8, 4) is 0 Å². The molecule has 0 radical (unpaired) electrons. The molecule has 19 heavy (non-hydrogen) atoms. The second-order valence-electron chi connectivity index (χ2n) is 3.80. The molecule has 0 aromatic rings. The van der Waals surface area contributed by atoms with E-state index in [1.807, 2.05) is 13.8 Å². The molecule has 0 rings (SSSR count). The lowest BCUT2D eigenvalue weighted by Crippen LogP contribution is -2.21. The van der Waals surface area contributed by atoms with E-state index in [-0.39, 0.29) is 48.9 Å². The van der Waals surface area contributed by atoms with Crippen molar-refractivity contribution in [3.05, 3.63) is 0 Å². The lowest BCUT2D eigenvalue weighted by Gasteiger charge is -2.10. The molecule has 0 saturated carbocycles. The summed E-state index contributed by atoms with van der Waals surface area (Å²) in [6, 6.07) is 0. The van der Waals surface area contributed by atoms with Crippen LogP contribution < -0.4 is 0 Å². The topological polar surface area (TPSA) is 61.8 Å². The molecule has 7 heteroatoms. The normalized spacial score (nSPS) is 13.7. The summed E-state index contributed by atoms with van der Waals surface area (Å²) in [7, 11) is 0. The van der Waals surface area contributed by atoms with E-state index < -0.39 is 0 Å². The summed E-state index contributed by atoms with van der Waals surface area (Å²) in [6.45, 7) is 4.60. The minimum absolute atomic E-state index is 0.175. The van der Waals surface area contributed by atoms with Gasteiger partial charge in [0.25, 0.3) is 0 Å². The largest absolute Gasteiger partial charge is 0.462 e. The van der Waals surface area contributed by atoms with Gasteiger partial charge in [-0.15, -0.1) is 0 Å². The van der Waals surface area contributed by atoms with Crippen LogP contribution in [0.3, 0.4) is 0 Å². The minimum atomic E-state index is -0.387. The van der Waals surface area contributed by atoms with E-state index in [0.717, 1.165) is 0 Å². The molecular weight excluding hydrogens is 288 g/mol. The fourth-order valence-corrected chi connectivity index (χ4v) is 1.18. The molecule has 5 nitrogen and oxygen atoms in total. The average molecular weight is 310 g/mol. The maximum Gasteiger partial charge on any atom is 0.318 e. The van der Waals surface area contributed by atoms with Crippen LogP contribution in [0, 0.1) is 0 Å². The van der Waals surface area contributed by atoms with E-state index in [2.05, 4.69) is 25.3 Å². The second kappa shape index (κ2) is 11.4. The monoisotopic (exact) mass is 310 g/mol. The summed E-state index contributed by atoms with van der Waals surface area (Å²) >= 11 is 8.11. The highest BCUT2D eigenvalue weighted by Crippen LogP contribution is 2.03. The van der Waals surface area contributed by atoms with Crippen LogP contribution in [-0.2, 0) is 23.8 Å². The summed E-state index contributed by atoms with van der Waals surface area (Å²) in [4.78, 5) is 22.5. The quantitative estimate of drug-likeness (QED) is 0.364. The van der Waals surface area contributed by atoms with Crippen LogP contribution in [-0.4, -0.2) is 48.9 Å². The van der Waals surface area contributed by atoms with Crippen LogP contribution in [0.15, 0.2) is 0 Å². The number of carbonyl (C=O) groups is 2. The van der Waals surface area contributed by atoms with Gasteiger partial charge in [-0.05, 0) is 12.8 Å². The Labute approximate surface area is 125 Å². The Hall–Kier alpha value is -0.400. The zero-order valence-corrected chi connectivity index (χ0v) is 13.1. The third kappa shape index (κ3) is 9.18. The molecule has 2 atom stereocenters. The molecular formula is C12H22O5S2. The van der Waals surface area contributed by atoms with Crippen molar-refractivity contribution in [3.63, 3.8) is 0 Å². The van der Waals surface area contributed by atoms with Crippen LogP contribution in [0.4, 0.5) is 0 Å². The Morgan fingerprint density at radius 2 is 1.21 bits per heavy atom. The Balaban J connectivity index is 3.42. The third-order valence-corrected chi connectivity index (χ3v) is 3.41. The lowest BCUT2D eigenvalue weighted by atomic mass is 10.3. The van der Waals surface area contributed by atoms with Crippen LogP contribution in [0.2, 0.25) is 0 Å². The van der Waals surface area contributed by atoms with Gasteiger partial charge in [-0.1, -0.05) is 13.8 Å². The standard InChI is InChI=1S/C12H22O5S2/c1-3-9(18)11(13)16-7-5-15-6-8-17-12(14)10(19)4-2/h9-10,18-19H,3-8H2,1-2H3. The van der Waals surface area contributed by atoms with Gasteiger partial charge in [0.2, 0.25) is 0 Å². The van der Waals surface area contributed by atoms with Gasteiger partial charge in [0.15, 0.2) is 0 Å². The van der Waals surface area contributed by atoms with Crippen molar-refractivity contribution in [1.29, 1.82) is 0 Å². The van der Waals surface area contributed by atoms with Gasteiger partial charge < -0.3 is 14.2 Å². The molecule has 0 heterocycles. The molecule has 2 unspecified atom stereocenters. The number of thiol groups is 2. The first-order valence-corrected chi connectivity index (χ1v) is 7.33. The average Bonchev–Trinajstić information content (AvgIpc) is 2.43. The van der Waals surface area contributed by atoms with E-state index in [1.165, 1.54) is 0 Å². The molecule has 0 saturated heterocycles. The van der Waals surface area contributed by atoms with Crippen molar-refractivity contribution in [1.82, 2.24) is 0 Å². The van der Waals surface area contributed by atoms with Gasteiger partial charge in [-0.3, -0.25) is 9.59 Å². The van der Waals surface area contributed by atoms with Crippen molar-refractivity contribution < 1.29 is 23.8 Å². The fraction of sp³-hybridized carbons (Fsp3) is 0.833. The fourth-order valence-electron chi connectivity index (χ4n) is 1.03. The first kappa shape index (κ1) is 18.6. The Bertz CT molecular complexity index is 247. The van der Waals surface area contributed by atoms with Gasteiger partial charge in [-0.25, -0.2) is 0 Å². The van der Waals surface area contributed by atoms with Gasteiger partial charge in [0, 0.05) is 0 Å². The molecule has 0 amide bonds. The van der Waals surface area contributed by atoms with E-state index >= 15 is 0 Å². The zero-order chi connectivity index (χ0) is 14.7. The zero-order valence-electron chi connectivity index (χ0n) is 11.3. The second-order valence-corrected chi connectivity index (χ2v) is 5.04. The van der Waals surface area contributed by atoms with Crippen molar-refractivity contribution in [2.75, 3.05) is 26.4 Å². The van der Waals surface area contributed by atoms with Crippen LogP contribution in [0.25, 0.3) is 0 Å². The predicted molar refractivity (Wildman–Crippen MR) is 78.9 cm³/mol. The third-order valence-electron chi connectivity index (χ3n) is 2.26. The summed E-state index contributed by atoms with van der Waals surface area (Å²) < 4.78 is 15.0. The SMILES string of the molecule is CCC(S)C(=O)OCCOCCOC(=O)C(S)CC. The molecule has 0 bridgehead atoms. The van der Waals surface area contributed by atoms with Gasteiger partial charge in [-0.2, -0.15) is 25.3 Å². The highest BCUT2D eigenvalue weighted by atomic mass is 32.1. The van der Waals surface area contributed by atoms with E-state index in [9.17, 15) is 9.59 Å². The summed E-state index contributed by atoms with van der Waals surface area (Å²) in [6.07, 6.45) is 1.25. The van der Waals surface area contributed by atoms with Crippen molar-refractivity contribution in [2.24, 2.45) is 0 Å². The van der Waals surface area contributed by atoms with E-state index in [0.29, 0.717) is 12.8 Å². The number of hydrogen-bond donors (Lipinski definition) is 2. The van der Waals surface area contributed by atoms with Gasteiger partial charge >= 0.3 is 11.9 Å². The van der Waals surface area contributed by atoms with Crippen molar-refractivity contribution in [2.45, 2.75) is 37.2 Å². The molecule has 0 aliphatic heterocycles. The molecule has 0 aromatic carbocycles. The van der Waals surface area contributed by atoms with Gasteiger partial charge in [0.1, 0.15) is 13.2 Å². The van der Waals surface area contributed by atoms with E-state index in [4.69, 9.17) is 14.2 Å². The van der Waals surface area contributed by atoms with E-state index in [1.54, 1.807) is 0 Å². The van der Waals surface area contributed by atoms with Crippen LogP contribution in [0.5, 0.6) is 0 Å². The number of rotatable bonds is 10. The smallest absolute Gasteiger partial charge is 0.318 e. The number of esters is 2. The Morgan fingerprint density at radius 1 is 0.842 bits per heavy atom. The number of ether oxygens (including phenoxy) is 3. The molecule has 0 aromatic heterocycles. The van der Waals surface area contributed by atoms with Crippen LogP contribution >= 0.6 is 25.3 Å². The summed E-state index contributed by atoms with van der Waals surface area (Å²) in [5.74, 6) is -0.691. The minimum Gasteiger partial charge on any atom is -0.462 e. The first-order valence-electron chi connectivity index (χ1n) is 6.30. The summed E-state index contributed by atoms with van der Waals surface area (Å²) in [5, 5.41) is -0.773. The Kier molecular flexibility index (Phi) is 11.2. The summed E-state index contributed by atoms with van der Waals surface area (Å²) in [5.41, 5.74) is 0. The molecule has 0 fully saturated rings. The lowest BCUT2D eigenvalue weighted by molar-refractivity contribution is -0.146. The van der Waals surface area contributed by atoms with Gasteiger partial charge in [0.05, 0.1) is 23.7 Å². The molecule has 0 N–H and O–H groups in total. The van der Waals surface area contributed by atoms with Crippen LogP contribution in [0.1, 0.15) is 26.7 Å². The number of carbonyl (C=O) groups excluding carboxylic acids is 2. The first-order chi connectivity index (χ1) is 9.02. The maximum absolute atomic E-state index is 11.2. The highest BCUT2D eigenvalue weighted by molar-refractivity contribution is 7.82.